The third-order valence-electron chi connectivity index (χ3n) is 3.23. The van der Waals surface area contributed by atoms with Crippen LogP contribution in [0.3, 0.4) is 0 Å². The van der Waals surface area contributed by atoms with E-state index in [0.29, 0.717) is 19.7 Å². The first-order valence-corrected chi connectivity index (χ1v) is 5.28. The highest BCUT2D eigenvalue weighted by Crippen LogP contribution is 2.25. The van der Waals surface area contributed by atoms with Gasteiger partial charge in [-0.05, 0) is 0 Å². The summed E-state index contributed by atoms with van der Waals surface area (Å²) in [5, 5.41) is 11.2. The molecule has 2 bridgehead atoms. The van der Waals surface area contributed by atoms with E-state index in [9.17, 15) is 19.7 Å². The van der Waals surface area contributed by atoms with Gasteiger partial charge in [-0.15, -0.1) is 0 Å². The van der Waals surface area contributed by atoms with Gasteiger partial charge >= 0.3 is 0 Å². The summed E-state index contributed by atoms with van der Waals surface area (Å²) < 4.78 is 0. The SMILES string of the molecule is CC(=O)N1CN2CN(C=O)CC([N+](=O)[O-])(C2)C1. The number of nitro groups is 1. The van der Waals surface area contributed by atoms with Crippen LogP contribution in [0.5, 0.6) is 0 Å². The zero-order chi connectivity index (χ0) is 12.6. The molecule has 2 aliphatic heterocycles. The molecule has 0 spiro atoms. The van der Waals surface area contributed by atoms with Gasteiger partial charge in [0.15, 0.2) is 0 Å². The molecule has 2 unspecified atom stereocenters. The molecule has 8 heteroatoms. The molecule has 2 saturated heterocycles. The number of carbonyl (C=O) groups is 2. The van der Waals surface area contributed by atoms with Gasteiger partial charge in [0.2, 0.25) is 12.3 Å². The molecule has 0 radical (unpaired) electrons. The summed E-state index contributed by atoms with van der Waals surface area (Å²) in [7, 11) is 0. The largest absolute Gasteiger partial charge is 0.325 e. The predicted molar refractivity (Wildman–Crippen MR) is 56.3 cm³/mol. The monoisotopic (exact) mass is 242 g/mol. The van der Waals surface area contributed by atoms with Crippen LogP contribution in [0, 0.1) is 10.1 Å². The molecule has 2 amide bonds. The minimum atomic E-state index is -1.25. The molecule has 8 nitrogen and oxygen atoms in total. The van der Waals surface area contributed by atoms with Gasteiger partial charge in [0.05, 0.1) is 33.0 Å². The van der Waals surface area contributed by atoms with E-state index in [1.807, 2.05) is 0 Å². The van der Waals surface area contributed by atoms with Crippen LogP contribution < -0.4 is 0 Å². The van der Waals surface area contributed by atoms with Crippen LogP contribution >= 0.6 is 0 Å². The van der Waals surface area contributed by atoms with E-state index < -0.39 is 5.54 Å². The number of hydrogen-bond acceptors (Lipinski definition) is 5. The third-order valence-corrected chi connectivity index (χ3v) is 3.23. The Kier molecular flexibility index (Phi) is 2.74. The van der Waals surface area contributed by atoms with Crippen molar-refractivity contribution in [2.45, 2.75) is 12.5 Å². The Hall–Kier alpha value is -1.70. The maximum absolute atomic E-state index is 11.3. The molecule has 0 aromatic heterocycles. The van der Waals surface area contributed by atoms with Crippen LogP contribution in [0.15, 0.2) is 0 Å². The zero-order valence-corrected chi connectivity index (χ0v) is 9.53. The second kappa shape index (κ2) is 3.95. The Balaban J connectivity index is 2.27. The summed E-state index contributed by atoms with van der Waals surface area (Å²) in [5.74, 6) is -0.180. The van der Waals surface area contributed by atoms with E-state index >= 15 is 0 Å². The van der Waals surface area contributed by atoms with Gasteiger partial charge in [-0.25, -0.2) is 0 Å². The van der Waals surface area contributed by atoms with Crippen LogP contribution in [0.25, 0.3) is 0 Å². The summed E-state index contributed by atoms with van der Waals surface area (Å²) >= 11 is 0. The lowest BCUT2D eigenvalue weighted by Gasteiger charge is -2.48. The summed E-state index contributed by atoms with van der Waals surface area (Å²) in [6.07, 6.45) is 0.619. The molecule has 0 aromatic rings. The Morgan fingerprint density at radius 2 is 2.06 bits per heavy atom. The standard InChI is InChI=1S/C9H14N4O4/c1-8(15)12-4-9(13(16)17)2-10(6-12)5-11(3-9)7-14/h7H,2-6H2,1H3. The maximum Gasteiger partial charge on any atom is 0.269 e. The zero-order valence-electron chi connectivity index (χ0n) is 9.53. The maximum atomic E-state index is 11.3. The minimum Gasteiger partial charge on any atom is -0.325 e. The van der Waals surface area contributed by atoms with Crippen molar-refractivity contribution in [1.29, 1.82) is 0 Å². The van der Waals surface area contributed by atoms with Gasteiger partial charge < -0.3 is 9.80 Å². The van der Waals surface area contributed by atoms with Gasteiger partial charge in [0, 0.05) is 11.8 Å². The number of amides is 2. The van der Waals surface area contributed by atoms with Crippen molar-refractivity contribution in [3.63, 3.8) is 0 Å². The molecule has 0 aromatic carbocycles. The highest BCUT2D eigenvalue weighted by molar-refractivity contribution is 5.73. The minimum absolute atomic E-state index is 0.0593. The van der Waals surface area contributed by atoms with Crippen molar-refractivity contribution < 1.29 is 14.5 Å². The molecule has 0 aliphatic carbocycles. The topological polar surface area (TPSA) is 87.0 Å². The molecular weight excluding hydrogens is 228 g/mol. The van der Waals surface area contributed by atoms with Gasteiger partial charge in [-0.1, -0.05) is 0 Å². The highest BCUT2D eigenvalue weighted by Gasteiger charge is 2.54. The van der Waals surface area contributed by atoms with E-state index in [1.165, 1.54) is 16.7 Å². The molecule has 2 aliphatic rings. The molecule has 2 fully saturated rings. The lowest BCUT2D eigenvalue weighted by molar-refractivity contribution is -0.578. The van der Waals surface area contributed by atoms with E-state index in [1.54, 1.807) is 4.90 Å². The Morgan fingerprint density at radius 1 is 1.35 bits per heavy atom. The lowest BCUT2D eigenvalue weighted by atomic mass is 9.94. The van der Waals surface area contributed by atoms with Gasteiger partial charge in [-0.2, -0.15) is 0 Å². The smallest absolute Gasteiger partial charge is 0.269 e. The van der Waals surface area contributed by atoms with Crippen LogP contribution in [0.1, 0.15) is 6.92 Å². The van der Waals surface area contributed by atoms with Crippen molar-refractivity contribution in [2.24, 2.45) is 0 Å². The number of fused-ring (bicyclic) bond motifs is 2. The molecule has 17 heavy (non-hydrogen) atoms. The average molecular weight is 242 g/mol. The third kappa shape index (κ3) is 1.95. The van der Waals surface area contributed by atoms with Crippen LogP contribution in [-0.4, -0.2) is 70.5 Å². The molecule has 0 N–H and O–H groups in total. The second-order valence-corrected chi connectivity index (χ2v) is 4.66. The van der Waals surface area contributed by atoms with Crippen molar-refractivity contribution >= 4 is 12.3 Å². The molecule has 94 valence electrons. The fraction of sp³-hybridized carbons (Fsp3) is 0.778. The predicted octanol–water partition coefficient (Wildman–Crippen LogP) is -1.45. The first kappa shape index (κ1) is 11.8. The quantitative estimate of drug-likeness (QED) is 0.336. The second-order valence-electron chi connectivity index (χ2n) is 4.66. The summed E-state index contributed by atoms with van der Waals surface area (Å²) in [5.41, 5.74) is -1.25. The Morgan fingerprint density at radius 3 is 2.59 bits per heavy atom. The Labute approximate surface area is 97.9 Å². The van der Waals surface area contributed by atoms with Gasteiger partial charge in [-0.3, -0.25) is 24.6 Å². The lowest BCUT2D eigenvalue weighted by Crippen LogP contribution is -2.72. The van der Waals surface area contributed by atoms with Crippen molar-refractivity contribution in [3.8, 4) is 0 Å². The van der Waals surface area contributed by atoms with Gasteiger partial charge in [0.25, 0.3) is 5.54 Å². The average Bonchev–Trinajstić information content (AvgIpc) is 2.27. The normalized spacial score (nSPS) is 32.2. The summed E-state index contributed by atoms with van der Waals surface area (Å²) in [6.45, 7) is 2.49. The van der Waals surface area contributed by atoms with Crippen molar-refractivity contribution in [2.75, 3.05) is 33.0 Å². The van der Waals surface area contributed by atoms with E-state index in [0.717, 1.165) is 0 Å². The van der Waals surface area contributed by atoms with Gasteiger partial charge in [0.1, 0.15) is 0 Å². The van der Waals surface area contributed by atoms with E-state index in [4.69, 9.17) is 0 Å². The van der Waals surface area contributed by atoms with Crippen LogP contribution in [-0.2, 0) is 9.59 Å². The molecule has 2 rings (SSSR count). The number of carbonyl (C=O) groups excluding carboxylic acids is 2. The Bertz CT molecular complexity index is 374. The number of nitrogens with zero attached hydrogens (tertiary/aromatic N) is 4. The van der Waals surface area contributed by atoms with Crippen LogP contribution in [0.4, 0.5) is 0 Å². The fourth-order valence-corrected chi connectivity index (χ4v) is 2.50. The fourth-order valence-electron chi connectivity index (χ4n) is 2.50. The van der Waals surface area contributed by atoms with Crippen molar-refractivity contribution in [1.82, 2.24) is 14.7 Å². The summed E-state index contributed by atoms with van der Waals surface area (Å²) in [4.78, 5) is 37.5. The molecule has 2 atom stereocenters. The van der Waals surface area contributed by atoms with Crippen molar-refractivity contribution in [3.05, 3.63) is 10.1 Å². The van der Waals surface area contributed by atoms with E-state index in [-0.39, 0.29) is 30.5 Å². The number of rotatable bonds is 2. The number of hydrogen-bond donors (Lipinski definition) is 0. The highest BCUT2D eigenvalue weighted by atomic mass is 16.6. The van der Waals surface area contributed by atoms with E-state index in [2.05, 4.69) is 0 Å². The first-order valence-electron chi connectivity index (χ1n) is 5.28. The van der Waals surface area contributed by atoms with Crippen LogP contribution in [0.2, 0.25) is 0 Å². The summed E-state index contributed by atoms with van der Waals surface area (Å²) in [6, 6.07) is 0. The molecule has 2 heterocycles. The molecule has 0 saturated carbocycles. The first-order chi connectivity index (χ1) is 7.97. The molecular formula is C9H14N4O4.